The minimum Gasteiger partial charge on any atom is -0.478 e. The summed E-state index contributed by atoms with van der Waals surface area (Å²) >= 11 is 0. The van der Waals surface area contributed by atoms with E-state index in [9.17, 15) is 18.0 Å². The number of halogens is 3. The molecule has 1 aromatic rings. The second-order valence-electron chi connectivity index (χ2n) is 3.97. The number of carboxylic acids is 1. The first kappa shape index (κ1) is 12.5. The van der Waals surface area contributed by atoms with E-state index in [1.54, 1.807) is 0 Å². The maximum Gasteiger partial charge on any atom is 0.328 e. The fourth-order valence-corrected chi connectivity index (χ4v) is 1.89. The molecule has 0 unspecified atom stereocenters. The monoisotopic (exact) mass is 257 g/mol. The Morgan fingerprint density at radius 1 is 1.44 bits per heavy atom. The standard InChI is InChI=1S/C12H10F3NO2/c13-7-1-2-10-8(5-7)9(6-11(17)18)12(14,15)3-4-16-10/h1-2,5-6,16H,3-4H2,(H,17,18). The lowest BCUT2D eigenvalue weighted by Gasteiger charge is -2.17. The molecule has 0 saturated carbocycles. The van der Waals surface area contributed by atoms with Gasteiger partial charge in [-0.15, -0.1) is 0 Å². The van der Waals surface area contributed by atoms with Crippen LogP contribution in [0.3, 0.4) is 0 Å². The Bertz CT molecular complexity index is 526. The Hall–Kier alpha value is -1.98. The number of nitrogens with one attached hydrogen (secondary N) is 1. The number of alkyl halides is 2. The SMILES string of the molecule is O=C(O)C=C1c2cc(F)ccc2NCCC1(F)F. The lowest BCUT2D eigenvalue weighted by Crippen LogP contribution is -2.20. The van der Waals surface area contributed by atoms with Gasteiger partial charge in [0.1, 0.15) is 5.82 Å². The van der Waals surface area contributed by atoms with Gasteiger partial charge in [-0.1, -0.05) is 0 Å². The normalized spacial score (nSPS) is 19.8. The zero-order valence-corrected chi connectivity index (χ0v) is 9.21. The van der Waals surface area contributed by atoms with Gasteiger partial charge in [-0.2, -0.15) is 0 Å². The van der Waals surface area contributed by atoms with Crippen molar-refractivity contribution in [1.82, 2.24) is 0 Å². The maximum atomic E-state index is 13.8. The van der Waals surface area contributed by atoms with Gasteiger partial charge in [-0.05, 0) is 18.2 Å². The first-order chi connectivity index (χ1) is 8.40. The number of hydrogen-bond acceptors (Lipinski definition) is 2. The Kier molecular flexibility index (Phi) is 3.02. The Morgan fingerprint density at radius 2 is 2.17 bits per heavy atom. The number of aliphatic carboxylic acids is 1. The molecule has 1 aliphatic heterocycles. The molecule has 0 aromatic heterocycles. The van der Waals surface area contributed by atoms with Crippen LogP contribution in [0, 0.1) is 5.82 Å². The predicted molar refractivity (Wildman–Crippen MR) is 60.1 cm³/mol. The van der Waals surface area contributed by atoms with E-state index in [2.05, 4.69) is 5.32 Å². The van der Waals surface area contributed by atoms with Gasteiger partial charge in [0.25, 0.3) is 5.92 Å². The van der Waals surface area contributed by atoms with Crippen molar-refractivity contribution >= 4 is 17.2 Å². The van der Waals surface area contributed by atoms with Gasteiger partial charge in [0, 0.05) is 35.9 Å². The van der Waals surface area contributed by atoms with Crippen LogP contribution in [-0.4, -0.2) is 23.5 Å². The molecule has 6 heteroatoms. The quantitative estimate of drug-likeness (QED) is 0.760. The van der Waals surface area contributed by atoms with Crippen molar-refractivity contribution < 1.29 is 23.1 Å². The van der Waals surface area contributed by atoms with Crippen molar-refractivity contribution in [2.45, 2.75) is 12.3 Å². The van der Waals surface area contributed by atoms with Gasteiger partial charge in [0.15, 0.2) is 0 Å². The molecule has 0 atom stereocenters. The molecule has 1 aromatic carbocycles. The van der Waals surface area contributed by atoms with Crippen LogP contribution < -0.4 is 5.32 Å². The van der Waals surface area contributed by atoms with E-state index >= 15 is 0 Å². The molecule has 96 valence electrons. The molecule has 18 heavy (non-hydrogen) atoms. The van der Waals surface area contributed by atoms with Gasteiger partial charge in [0.2, 0.25) is 0 Å². The largest absolute Gasteiger partial charge is 0.478 e. The summed E-state index contributed by atoms with van der Waals surface area (Å²) in [6, 6.07) is 3.37. The second-order valence-corrected chi connectivity index (χ2v) is 3.97. The van der Waals surface area contributed by atoms with E-state index in [1.165, 1.54) is 6.07 Å². The number of rotatable bonds is 1. The van der Waals surface area contributed by atoms with Crippen LogP contribution in [0.25, 0.3) is 5.57 Å². The van der Waals surface area contributed by atoms with Crippen LogP contribution in [0.15, 0.2) is 24.3 Å². The van der Waals surface area contributed by atoms with Crippen LogP contribution in [0.2, 0.25) is 0 Å². The zero-order chi connectivity index (χ0) is 13.3. The number of benzene rings is 1. The molecule has 2 N–H and O–H groups in total. The number of allylic oxidation sites excluding steroid dienone is 1. The van der Waals surface area contributed by atoms with E-state index < -0.39 is 29.7 Å². The van der Waals surface area contributed by atoms with Crippen molar-refractivity contribution in [2.24, 2.45) is 0 Å². The van der Waals surface area contributed by atoms with Crippen molar-refractivity contribution in [3.8, 4) is 0 Å². The number of fused-ring (bicyclic) bond motifs is 1. The Morgan fingerprint density at radius 3 is 2.83 bits per heavy atom. The van der Waals surface area contributed by atoms with Gasteiger partial charge in [-0.25, -0.2) is 18.0 Å². The van der Waals surface area contributed by atoms with Crippen molar-refractivity contribution in [1.29, 1.82) is 0 Å². The minimum absolute atomic E-state index is 0.0113. The molecular formula is C12H10F3NO2. The molecule has 0 saturated heterocycles. The third-order valence-corrected chi connectivity index (χ3v) is 2.69. The molecule has 0 aliphatic carbocycles. The minimum atomic E-state index is -3.30. The molecule has 3 nitrogen and oxygen atoms in total. The molecular weight excluding hydrogens is 247 g/mol. The summed E-state index contributed by atoms with van der Waals surface area (Å²) in [7, 11) is 0. The number of carbonyl (C=O) groups is 1. The summed E-state index contributed by atoms with van der Waals surface area (Å²) in [4.78, 5) is 10.6. The number of carboxylic acid groups (broad SMARTS) is 1. The zero-order valence-electron chi connectivity index (χ0n) is 9.21. The predicted octanol–water partition coefficient (Wildman–Crippen LogP) is 2.74. The van der Waals surface area contributed by atoms with Gasteiger partial charge < -0.3 is 10.4 Å². The van der Waals surface area contributed by atoms with Crippen LogP contribution in [-0.2, 0) is 4.79 Å². The van der Waals surface area contributed by atoms with Gasteiger partial charge >= 0.3 is 5.97 Å². The summed E-state index contributed by atoms with van der Waals surface area (Å²) in [5.41, 5.74) is -0.476. The molecule has 0 radical (unpaired) electrons. The fraction of sp³-hybridized carbons (Fsp3) is 0.250. The lowest BCUT2D eigenvalue weighted by atomic mass is 9.97. The molecule has 0 fully saturated rings. The lowest BCUT2D eigenvalue weighted by molar-refractivity contribution is -0.131. The third kappa shape index (κ3) is 2.32. The van der Waals surface area contributed by atoms with Crippen LogP contribution >= 0.6 is 0 Å². The highest BCUT2D eigenvalue weighted by Crippen LogP contribution is 2.41. The summed E-state index contributed by atoms with van der Waals surface area (Å²) in [6.07, 6.45) is -0.103. The summed E-state index contributed by atoms with van der Waals surface area (Å²) in [5, 5.41) is 11.4. The Balaban J connectivity index is 2.65. The summed E-state index contributed by atoms with van der Waals surface area (Å²) in [6.45, 7) is -0.0113. The van der Waals surface area contributed by atoms with E-state index in [-0.39, 0.29) is 12.1 Å². The number of anilines is 1. The van der Waals surface area contributed by atoms with Crippen LogP contribution in [0.4, 0.5) is 18.9 Å². The molecule has 0 bridgehead atoms. The van der Waals surface area contributed by atoms with Crippen molar-refractivity contribution in [2.75, 3.05) is 11.9 Å². The third-order valence-electron chi connectivity index (χ3n) is 2.69. The summed E-state index contributed by atoms with van der Waals surface area (Å²) in [5.74, 6) is -5.48. The number of hydrogen-bond donors (Lipinski definition) is 2. The van der Waals surface area contributed by atoms with Crippen LogP contribution in [0.5, 0.6) is 0 Å². The molecule has 1 aliphatic rings. The van der Waals surface area contributed by atoms with E-state index in [4.69, 9.17) is 5.11 Å². The highest BCUT2D eigenvalue weighted by Gasteiger charge is 2.38. The highest BCUT2D eigenvalue weighted by atomic mass is 19.3. The Labute approximate surface area is 101 Å². The van der Waals surface area contributed by atoms with Crippen molar-refractivity contribution in [3.63, 3.8) is 0 Å². The topological polar surface area (TPSA) is 49.3 Å². The highest BCUT2D eigenvalue weighted by molar-refractivity contribution is 5.94. The maximum absolute atomic E-state index is 13.8. The van der Waals surface area contributed by atoms with E-state index in [1.807, 2.05) is 0 Å². The fourth-order valence-electron chi connectivity index (χ4n) is 1.89. The van der Waals surface area contributed by atoms with E-state index in [0.29, 0.717) is 11.8 Å². The molecule has 0 spiro atoms. The van der Waals surface area contributed by atoms with Gasteiger partial charge in [0.05, 0.1) is 0 Å². The summed E-state index contributed by atoms with van der Waals surface area (Å²) < 4.78 is 40.8. The molecule has 1 heterocycles. The molecule has 0 amide bonds. The first-order valence-corrected chi connectivity index (χ1v) is 5.27. The van der Waals surface area contributed by atoms with Gasteiger partial charge in [-0.3, -0.25) is 0 Å². The second kappa shape index (κ2) is 4.36. The van der Waals surface area contributed by atoms with Crippen molar-refractivity contribution in [3.05, 3.63) is 35.7 Å². The first-order valence-electron chi connectivity index (χ1n) is 5.27. The molecule has 2 rings (SSSR count). The average Bonchev–Trinajstić information content (AvgIpc) is 2.37. The van der Waals surface area contributed by atoms with Crippen LogP contribution in [0.1, 0.15) is 12.0 Å². The average molecular weight is 257 g/mol. The smallest absolute Gasteiger partial charge is 0.328 e. The van der Waals surface area contributed by atoms with E-state index in [0.717, 1.165) is 12.1 Å².